The molecule has 0 saturated carbocycles. The second-order valence-electron chi connectivity index (χ2n) is 4.46. The van der Waals surface area contributed by atoms with Crippen LogP contribution in [-0.2, 0) is 19.4 Å². The van der Waals surface area contributed by atoms with Gasteiger partial charge in [0.15, 0.2) is 0 Å². The maximum Gasteiger partial charge on any atom is 1.00 e. The van der Waals surface area contributed by atoms with Crippen LogP contribution in [0.5, 0.6) is 0 Å². The van der Waals surface area contributed by atoms with Gasteiger partial charge in [0.1, 0.15) is 29.9 Å². The molecule has 1 heterocycles. The molecule has 130 valence electrons. The van der Waals surface area contributed by atoms with Gasteiger partial charge in [-0.25, -0.2) is 8.42 Å². The quantitative estimate of drug-likeness (QED) is 0.0659. The Balaban J connectivity index is 0.00000484. The Hall–Kier alpha value is 1.36. The standard InChI is InChI=1S/C10H19NO9S2.K/c1-2-3-6(11-20-22(16,17)18)21-10-9(15)8(14)7(13)5(4-12)19-10;/h2,5-15H,1,3-4H2,(H,16,17,18);/q;+1/p-1. The van der Waals surface area contributed by atoms with E-state index in [0.717, 1.165) is 11.8 Å². The molecular weight excluding hydrogens is 381 g/mol. The molecular formula is C10H18KNO9S2. The zero-order valence-corrected chi connectivity index (χ0v) is 17.1. The fourth-order valence-corrected chi connectivity index (χ4v) is 3.24. The molecule has 0 amide bonds. The summed E-state index contributed by atoms with van der Waals surface area (Å²) >= 11 is 0.799. The Morgan fingerprint density at radius 2 is 1.96 bits per heavy atom. The number of hydrogen-bond donors (Lipinski definition) is 5. The molecule has 0 radical (unpaired) electrons. The van der Waals surface area contributed by atoms with E-state index in [-0.39, 0.29) is 57.8 Å². The van der Waals surface area contributed by atoms with Gasteiger partial charge in [-0.2, -0.15) is 9.76 Å². The van der Waals surface area contributed by atoms with E-state index in [1.54, 1.807) is 0 Å². The summed E-state index contributed by atoms with van der Waals surface area (Å²) in [6.07, 6.45) is -4.12. The molecule has 5 N–H and O–H groups in total. The third-order valence-electron chi connectivity index (χ3n) is 2.81. The summed E-state index contributed by atoms with van der Waals surface area (Å²) in [5, 5.41) is 37.4. The monoisotopic (exact) mass is 399 g/mol. The first-order valence-electron chi connectivity index (χ1n) is 6.16. The van der Waals surface area contributed by atoms with E-state index in [1.165, 1.54) is 6.08 Å². The molecule has 1 aliphatic rings. The molecule has 0 aromatic carbocycles. The zero-order valence-electron chi connectivity index (χ0n) is 12.3. The van der Waals surface area contributed by atoms with Gasteiger partial charge in [0.25, 0.3) is 0 Å². The van der Waals surface area contributed by atoms with Gasteiger partial charge in [-0.15, -0.1) is 18.3 Å². The number of nitrogens with one attached hydrogen (secondary N) is 1. The molecule has 0 bridgehead atoms. The number of aliphatic hydroxyl groups is 4. The van der Waals surface area contributed by atoms with Crippen LogP contribution in [0, 0.1) is 0 Å². The van der Waals surface area contributed by atoms with Crippen molar-refractivity contribution in [2.45, 2.75) is 41.6 Å². The van der Waals surface area contributed by atoms with E-state index in [1.807, 2.05) is 5.48 Å². The fourth-order valence-electron chi connectivity index (χ4n) is 1.74. The smallest absolute Gasteiger partial charge is 0.724 e. The normalized spacial score (nSPS) is 32.8. The van der Waals surface area contributed by atoms with Gasteiger partial charge in [0, 0.05) is 0 Å². The van der Waals surface area contributed by atoms with Gasteiger partial charge in [0.2, 0.25) is 10.4 Å². The summed E-state index contributed by atoms with van der Waals surface area (Å²) in [4.78, 5) is 0. The van der Waals surface area contributed by atoms with Crippen molar-refractivity contribution < 1.29 is 93.8 Å². The van der Waals surface area contributed by atoms with E-state index < -0.39 is 52.2 Å². The molecule has 23 heavy (non-hydrogen) atoms. The molecule has 1 saturated heterocycles. The minimum Gasteiger partial charge on any atom is -0.724 e. The van der Waals surface area contributed by atoms with Crippen LogP contribution < -0.4 is 56.9 Å². The Labute approximate surface area is 180 Å². The number of aliphatic hydroxyl groups excluding tert-OH is 4. The second-order valence-corrected chi connectivity index (χ2v) is 6.74. The second kappa shape index (κ2) is 11.2. The van der Waals surface area contributed by atoms with Gasteiger partial charge >= 0.3 is 51.4 Å². The molecule has 10 nitrogen and oxygen atoms in total. The van der Waals surface area contributed by atoms with Gasteiger partial charge < -0.3 is 29.7 Å². The van der Waals surface area contributed by atoms with Crippen LogP contribution >= 0.6 is 11.8 Å². The minimum absolute atomic E-state index is 0. The molecule has 0 aromatic heterocycles. The molecule has 13 heteroatoms. The summed E-state index contributed by atoms with van der Waals surface area (Å²) in [7, 11) is -4.97. The molecule has 1 aliphatic heterocycles. The van der Waals surface area contributed by atoms with Crippen LogP contribution in [0.4, 0.5) is 0 Å². The van der Waals surface area contributed by atoms with Crippen LogP contribution in [0.25, 0.3) is 0 Å². The van der Waals surface area contributed by atoms with Crippen molar-refractivity contribution in [2.75, 3.05) is 6.61 Å². The van der Waals surface area contributed by atoms with Crippen molar-refractivity contribution in [3.05, 3.63) is 12.7 Å². The van der Waals surface area contributed by atoms with E-state index >= 15 is 0 Å². The molecule has 0 aromatic rings. The Kier molecular flexibility index (Phi) is 11.8. The predicted molar refractivity (Wildman–Crippen MR) is 73.9 cm³/mol. The van der Waals surface area contributed by atoms with E-state index in [0.29, 0.717) is 0 Å². The molecule has 6 unspecified atom stereocenters. The number of ether oxygens (including phenoxy) is 1. The maximum absolute atomic E-state index is 10.4. The third-order valence-corrected chi connectivity index (χ3v) is 4.38. The molecule has 0 spiro atoms. The van der Waals surface area contributed by atoms with Crippen LogP contribution in [0.3, 0.4) is 0 Å². The van der Waals surface area contributed by atoms with Crippen molar-refractivity contribution in [1.82, 2.24) is 5.48 Å². The summed E-state index contributed by atoms with van der Waals surface area (Å²) in [6, 6.07) is 0. The summed E-state index contributed by atoms with van der Waals surface area (Å²) in [5.74, 6) is 0. The largest absolute Gasteiger partial charge is 1.00 e. The first kappa shape index (κ1) is 24.4. The van der Waals surface area contributed by atoms with Gasteiger partial charge in [-0.3, -0.25) is 0 Å². The van der Waals surface area contributed by atoms with E-state index in [9.17, 15) is 28.3 Å². The van der Waals surface area contributed by atoms with Crippen molar-refractivity contribution in [1.29, 1.82) is 0 Å². The Bertz CT molecular complexity index is 463. The van der Waals surface area contributed by atoms with Crippen LogP contribution in [0.2, 0.25) is 0 Å². The maximum atomic E-state index is 10.4. The summed E-state index contributed by atoms with van der Waals surface area (Å²) < 4.78 is 40.4. The van der Waals surface area contributed by atoms with Gasteiger partial charge in [-0.1, -0.05) is 6.08 Å². The van der Waals surface area contributed by atoms with Crippen molar-refractivity contribution in [2.24, 2.45) is 0 Å². The minimum atomic E-state index is -4.97. The summed E-state index contributed by atoms with van der Waals surface area (Å²) in [5.41, 5.74) is 0.875. The Morgan fingerprint density at radius 1 is 1.35 bits per heavy atom. The first-order chi connectivity index (χ1) is 10.2. The van der Waals surface area contributed by atoms with Gasteiger partial charge in [0.05, 0.1) is 12.0 Å². The molecule has 6 atom stereocenters. The summed E-state index contributed by atoms with van der Waals surface area (Å²) in [6.45, 7) is 2.86. The SMILES string of the molecule is C=CCC(NOS(=O)(=O)[O-])SC1OC(CO)C(O)C(O)C1O.[K+]. The van der Waals surface area contributed by atoms with Crippen LogP contribution in [-0.4, -0.2) is 75.2 Å². The van der Waals surface area contributed by atoms with Crippen molar-refractivity contribution >= 4 is 22.2 Å². The molecule has 1 fully saturated rings. The average molecular weight is 399 g/mol. The van der Waals surface area contributed by atoms with Gasteiger partial charge in [-0.05, 0) is 6.42 Å². The van der Waals surface area contributed by atoms with E-state index in [2.05, 4.69) is 10.9 Å². The predicted octanol–water partition coefficient (Wildman–Crippen LogP) is -5.59. The number of hydroxylamine groups is 1. The first-order valence-corrected chi connectivity index (χ1v) is 8.44. The van der Waals surface area contributed by atoms with Crippen LogP contribution in [0.1, 0.15) is 6.42 Å². The van der Waals surface area contributed by atoms with Crippen molar-refractivity contribution in [3.8, 4) is 0 Å². The number of thioether (sulfide) groups is 1. The van der Waals surface area contributed by atoms with Crippen LogP contribution in [0.15, 0.2) is 12.7 Å². The zero-order chi connectivity index (χ0) is 16.9. The topological polar surface area (TPSA) is 169 Å². The molecule has 1 rings (SSSR count). The number of hydrogen-bond acceptors (Lipinski definition) is 11. The van der Waals surface area contributed by atoms with Crippen molar-refractivity contribution in [3.63, 3.8) is 0 Å². The average Bonchev–Trinajstić information content (AvgIpc) is 2.44. The number of rotatable bonds is 8. The molecule has 0 aliphatic carbocycles. The Morgan fingerprint density at radius 3 is 2.43 bits per heavy atom. The van der Waals surface area contributed by atoms with E-state index in [4.69, 9.17) is 9.84 Å². The fraction of sp³-hybridized carbons (Fsp3) is 0.800. The third kappa shape index (κ3) is 8.06.